The minimum absolute atomic E-state index is 0.397. The van der Waals surface area contributed by atoms with Crippen LogP contribution >= 0.6 is 11.3 Å². The molecule has 1 N–H and O–H groups in total. The van der Waals surface area contributed by atoms with Crippen molar-refractivity contribution >= 4 is 33.1 Å². The number of rotatable bonds is 3. The standard InChI is InChI=1S/C20H13N3O3S/c24-18(23-20-22-15(11-27-20)12-5-7-21-8-6-12)19-25-16-9-13-3-1-2-4-14(13)10-17(16)26-19/h1-11,19H,(H,22,23,24). The van der Waals surface area contributed by atoms with E-state index in [1.807, 2.05) is 53.9 Å². The van der Waals surface area contributed by atoms with E-state index in [0.29, 0.717) is 16.6 Å². The molecule has 0 bridgehead atoms. The molecule has 2 aromatic heterocycles. The van der Waals surface area contributed by atoms with Crippen LogP contribution < -0.4 is 14.8 Å². The van der Waals surface area contributed by atoms with Crippen molar-refractivity contribution in [3.8, 4) is 22.8 Å². The summed E-state index contributed by atoms with van der Waals surface area (Å²) in [5.41, 5.74) is 1.72. The van der Waals surface area contributed by atoms with Crippen LogP contribution in [0.3, 0.4) is 0 Å². The first kappa shape index (κ1) is 15.8. The molecule has 0 spiro atoms. The Balaban J connectivity index is 1.32. The lowest BCUT2D eigenvalue weighted by molar-refractivity contribution is -0.131. The molecule has 0 atom stereocenters. The fraction of sp³-hybridized carbons (Fsp3) is 0.0500. The van der Waals surface area contributed by atoms with Crippen molar-refractivity contribution in [2.45, 2.75) is 6.29 Å². The van der Waals surface area contributed by atoms with Crippen LogP contribution in [0.4, 0.5) is 5.13 Å². The fourth-order valence-electron chi connectivity index (χ4n) is 2.90. The average Bonchev–Trinajstić information content (AvgIpc) is 3.33. The predicted octanol–water partition coefficient (Wildman–Crippen LogP) is 4.09. The number of nitrogens with zero attached hydrogens (tertiary/aromatic N) is 2. The molecule has 132 valence electrons. The molecule has 1 amide bonds. The molecular formula is C20H13N3O3S. The predicted molar refractivity (Wildman–Crippen MR) is 103 cm³/mol. The number of fused-ring (bicyclic) bond motifs is 2. The second kappa shape index (κ2) is 6.37. The normalized spacial score (nSPS) is 13.0. The maximum Gasteiger partial charge on any atom is 0.322 e. The summed E-state index contributed by atoms with van der Waals surface area (Å²) >= 11 is 1.34. The summed E-state index contributed by atoms with van der Waals surface area (Å²) in [4.78, 5) is 20.9. The third kappa shape index (κ3) is 2.98. The van der Waals surface area contributed by atoms with Gasteiger partial charge >= 0.3 is 12.2 Å². The van der Waals surface area contributed by atoms with Crippen molar-refractivity contribution in [1.29, 1.82) is 0 Å². The summed E-state index contributed by atoms with van der Waals surface area (Å²) in [5.74, 6) is 0.724. The minimum Gasteiger partial charge on any atom is -0.442 e. The second-order valence-electron chi connectivity index (χ2n) is 5.98. The van der Waals surface area contributed by atoms with Crippen molar-refractivity contribution in [3.05, 3.63) is 66.3 Å². The molecule has 0 aliphatic carbocycles. The first-order valence-corrected chi connectivity index (χ1v) is 9.17. The second-order valence-corrected chi connectivity index (χ2v) is 6.83. The summed E-state index contributed by atoms with van der Waals surface area (Å²) in [6, 6.07) is 15.4. The lowest BCUT2D eigenvalue weighted by Gasteiger charge is -2.08. The number of carbonyl (C=O) groups excluding carboxylic acids is 1. The maximum atomic E-state index is 12.5. The van der Waals surface area contributed by atoms with Gasteiger partial charge in [0.1, 0.15) is 0 Å². The highest BCUT2D eigenvalue weighted by Crippen LogP contribution is 2.38. The van der Waals surface area contributed by atoms with Gasteiger partial charge in [-0.25, -0.2) is 4.98 Å². The first-order chi connectivity index (χ1) is 13.3. The first-order valence-electron chi connectivity index (χ1n) is 8.29. The van der Waals surface area contributed by atoms with Crippen molar-refractivity contribution in [2.75, 3.05) is 5.32 Å². The van der Waals surface area contributed by atoms with E-state index in [4.69, 9.17) is 9.47 Å². The van der Waals surface area contributed by atoms with Crippen LogP contribution in [0, 0.1) is 0 Å². The Morgan fingerprint density at radius 2 is 1.67 bits per heavy atom. The van der Waals surface area contributed by atoms with Crippen molar-refractivity contribution in [3.63, 3.8) is 0 Å². The van der Waals surface area contributed by atoms with Gasteiger partial charge in [0.2, 0.25) is 0 Å². The summed E-state index contributed by atoms with van der Waals surface area (Å²) in [6.07, 6.45) is 2.37. The molecule has 4 aromatic rings. The van der Waals surface area contributed by atoms with Crippen LogP contribution in [0.25, 0.3) is 22.0 Å². The Hall–Kier alpha value is -3.45. The zero-order valence-corrected chi connectivity index (χ0v) is 14.8. The molecule has 6 nitrogen and oxygen atoms in total. The highest BCUT2D eigenvalue weighted by molar-refractivity contribution is 7.14. The van der Waals surface area contributed by atoms with Crippen LogP contribution in [0.15, 0.2) is 66.3 Å². The van der Waals surface area contributed by atoms with Crippen LogP contribution in [-0.2, 0) is 4.79 Å². The van der Waals surface area contributed by atoms with E-state index in [0.717, 1.165) is 22.0 Å². The summed E-state index contributed by atoms with van der Waals surface area (Å²) in [5, 5.41) is 7.18. The average molecular weight is 375 g/mol. The number of nitrogens with one attached hydrogen (secondary N) is 1. The Bertz CT molecular complexity index is 1100. The number of thiazole rings is 1. The number of pyridine rings is 1. The van der Waals surface area contributed by atoms with E-state index in [2.05, 4.69) is 15.3 Å². The highest BCUT2D eigenvalue weighted by atomic mass is 32.1. The number of carbonyl (C=O) groups is 1. The summed E-state index contributed by atoms with van der Waals surface area (Å²) < 4.78 is 11.3. The van der Waals surface area contributed by atoms with E-state index in [9.17, 15) is 4.79 Å². The lowest BCUT2D eigenvalue weighted by Crippen LogP contribution is -2.34. The molecule has 0 unspecified atom stereocenters. The van der Waals surface area contributed by atoms with Crippen molar-refractivity contribution < 1.29 is 14.3 Å². The van der Waals surface area contributed by atoms with Crippen molar-refractivity contribution in [1.82, 2.24) is 9.97 Å². The molecule has 0 saturated carbocycles. The van der Waals surface area contributed by atoms with Gasteiger partial charge in [-0.3, -0.25) is 15.1 Å². The summed E-state index contributed by atoms with van der Waals surface area (Å²) in [6.45, 7) is 0. The van der Waals surface area contributed by atoms with Crippen LogP contribution in [0.5, 0.6) is 11.5 Å². The number of benzene rings is 2. The van der Waals surface area contributed by atoms with Gasteiger partial charge in [-0.05, 0) is 35.0 Å². The molecule has 5 rings (SSSR count). The number of hydrogen-bond donors (Lipinski definition) is 1. The van der Waals surface area contributed by atoms with E-state index in [1.54, 1.807) is 12.4 Å². The largest absolute Gasteiger partial charge is 0.442 e. The molecule has 0 radical (unpaired) electrons. The zero-order chi connectivity index (χ0) is 18.2. The maximum absolute atomic E-state index is 12.5. The quantitative estimate of drug-likeness (QED) is 0.584. The molecule has 3 heterocycles. The topological polar surface area (TPSA) is 73.3 Å². The molecular weight excluding hydrogens is 362 g/mol. The van der Waals surface area contributed by atoms with Crippen LogP contribution in [0.2, 0.25) is 0 Å². The Morgan fingerprint density at radius 3 is 2.33 bits per heavy atom. The minimum atomic E-state index is -1.04. The van der Waals surface area contributed by atoms with Crippen molar-refractivity contribution in [2.24, 2.45) is 0 Å². The number of ether oxygens (including phenoxy) is 2. The van der Waals surface area contributed by atoms with Gasteiger partial charge in [0.25, 0.3) is 0 Å². The van der Waals surface area contributed by atoms with Gasteiger partial charge in [-0.15, -0.1) is 11.3 Å². The van der Waals surface area contributed by atoms with Gasteiger partial charge in [0.05, 0.1) is 5.69 Å². The van der Waals surface area contributed by atoms with Crippen LogP contribution in [0.1, 0.15) is 0 Å². The number of amides is 1. The smallest absolute Gasteiger partial charge is 0.322 e. The summed E-state index contributed by atoms with van der Waals surface area (Å²) in [7, 11) is 0. The van der Waals surface area contributed by atoms with Crippen LogP contribution in [-0.4, -0.2) is 22.2 Å². The fourth-order valence-corrected chi connectivity index (χ4v) is 3.62. The molecule has 2 aromatic carbocycles. The molecule has 7 heteroatoms. The number of hydrogen-bond acceptors (Lipinski definition) is 6. The molecule has 1 aliphatic heterocycles. The monoisotopic (exact) mass is 375 g/mol. The molecule has 1 aliphatic rings. The van der Waals surface area contributed by atoms with Gasteiger partial charge < -0.3 is 9.47 Å². The van der Waals surface area contributed by atoms with E-state index in [1.165, 1.54) is 11.3 Å². The van der Waals surface area contributed by atoms with Gasteiger partial charge in [0.15, 0.2) is 16.6 Å². The number of anilines is 1. The third-order valence-corrected chi connectivity index (χ3v) is 4.96. The molecule has 27 heavy (non-hydrogen) atoms. The van der Waals surface area contributed by atoms with E-state index >= 15 is 0 Å². The number of aromatic nitrogens is 2. The SMILES string of the molecule is O=C(Nc1nc(-c2ccncc2)cs1)C1Oc2cc3ccccc3cc2O1. The zero-order valence-electron chi connectivity index (χ0n) is 14.0. The molecule has 0 saturated heterocycles. The van der Waals surface area contributed by atoms with E-state index < -0.39 is 12.2 Å². The van der Waals surface area contributed by atoms with E-state index in [-0.39, 0.29) is 0 Å². The van der Waals surface area contributed by atoms with Gasteiger partial charge in [-0.2, -0.15) is 0 Å². The third-order valence-electron chi connectivity index (χ3n) is 4.20. The Morgan fingerprint density at radius 1 is 1.00 bits per heavy atom. The van der Waals surface area contributed by atoms with Gasteiger partial charge in [-0.1, -0.05) is 24.3 Å². The Labute approximate surface area is 158 Å². The lowest BCUT2D eigenvalue weighted by atomic mass is 10.1. The highest BCUT2D eigenvalue weighted by Gasteiger charge is 2.31. The van der Waals surface area contributed by atoms with Gasteiger partial charge in [0, 0.05) is 23.3 Å². The Kier molecular flexibility index (Phi) is 3.72. The molecule has 0 fully saturated rings.